The van der Waals surface area contributed by atoms with Gasteiger partial charge >= 0.3 is 11.7 Å². The van der Waals surface area contributed by atoms with Gasteiger partial charge in [0.05, 0.1) is 11.8 Å². The number of hydrogen-bond donors (Lipinski definition) is 2. The number of aliphatic hydroxyl groups is 1. The van der Waals surface area contributed by atoms with Crippen molar-refractivity contribution in [1.82, 2.24) is 19.1 Å². The number of aliphatic hydroxyl groups excluding tert-OH is 1. The zero-order valence-corrected chi connectivity index (χ0v) is 15.1. The lowest BCUT2D eigenvalue weighted by atomic mass is 10.2. The molecule has 0 radical (unpaired) electrons. The lowest BCUT2D eigenvalue weighted by Crippen LogP contribution is -2.28. The molecule has 0 aromatic carbocycles. The van der Waals surface area contributed by atoms with Gasteiger partial charge in [-0.05, 0) is 12.8 Å². The van der Waals surface area contributed by atoms with E-state index in [0.717, 1.165) is 0 Å². The van der Waals surface area contributed by atoms with Crippen LogP contribution in [-0.4, -0.2) is 49.5 Å². The van der Waals surface area contributed by atoms with Crippen LogP contribution in [0.5, 0.6) is 0 Å². The largest absolute Gasteiger partial charge is 0.463 e. The highest BCUT2D eigenvalue weighted by Gasteiger charge is 2.32. The number of nitrogen functional groups attached to an aromatic ring is 1. The molecular formula is C17H23N5O5. The molecule has 1 aliphatic rings. The van der Waals surface area contributed by atoms with Gasteiger partial charge in [-0.2, -0.15) is 4.98 Å². The zero-order chi connectivity index (χ0) is 19.6. The van der Waals surface area contributed by atoms with Gasteiger partial charge in [0.15, 0.2) is 5.65 Å². The van der Waals surface area contributed by atoms with E-state index in [1.807, 2.05) is 0 Å². The molecule has 3 rings (SSSR count). The number of ether oxygens (including phenoxy) is 2. The summed E-state index contributed by atoms with van der Waals surface area (Å²) < 4.78 is 13.9. The predicted molar refractivity (Wildman–Crippen MR) is 97.0 cm³/mol. The van der Waals surface area contributed by atoms with E-state index in [1.54, 1.807) is 6.08 Å². The third kappa shape index (κ3) is 3.71. The number of rotatable bonds is 7. The molecule has 2 atom stereocenters. The average molecular weight is 377 g/mol. The number of fused-ring (bicyclic) bond motifs is 1. The molecule has 10 heteroatoms. The van der Waals surface area contributed by atoms with Gasteiger partial charge in [-0.1, -0.05) is 6.08 Å². The van der Waals surface area contributed by atoms with Crippen molar-refractivity contribution in [2.45, 2.75) is 45.1 Å². The molecular weight excluding hydrogens is 354 g/mol. The average Bonchev–Trinajstić information content (AvgIpc) is 3.17. The van der Waals surface area contributed by atoms with Crippen LogP contribution < -0.4 is 11.4 Å². The number of nitrogens with two attached hydrogens (primary N) is 1. The maximum atomic E-state index is 13.0. The van der Waals surface area contributed by atoms with Gasteiger partial charge in [0.2, 0.25) is 5.95 Å². The summed E-state index contributed by atoms with van der Waals surface area (Å²) in [6.45, 7) is 5.29. The van der Waals surface area contributed by atoms with Crippen LogP contribution >= 0.6 is 0 Å². The minimum Gasteiger partial charge on any atom is -0.463 e. The molecule has 3 N–H and O–H groups in total. The van der Waals surface area contributed by atoms with Crippen molar-refractivity contribution < 1.29 is 19.4 Å². The molecule has 2 aromatic rings. The fourth-order valence-corrected chi connectivity index (χ4v) is 3.32. The number of aromatic nitrogens is 4. The van der Waals surface area contributed by atoms with Gasteiger partial charge in [0.1, 0.15) is 18.4 Å². The summed E-state index contributed by atoms with van der Waals surface area (Å²) in [5.74, 6) is -0.360. The highest BCUT2D eigenvalue weighted by Crippen LogP contribution is 2.30. The van der Waals surface area contributed by atoms with Gasteiger partial charge in [-0.3, -0.25) is 9.36 Å². The lowest BCUT2D eigenvalue weighted by Gasteiger charge is -2.14. The topological polar surface area (TPSA) is 134 Å². The molecule has 1 aliphatic heterocycles. The number of carbonyl (C=O) groups excluding carboxylic acids is 1. The number of nitrogens with zero attached hydrogens (tertiary/aromatic N) is 4. The Morgan fingerprint density at radius 1 is 1.48 bits per heavy atom. The molecule has 2 aromatic heterocycles. The molecule has 10 nitrogen and oxygen atoms in total. The van der Waals surface area contributed by atoms with Gasteiger partial charge in [0.25, 0.3) is 0 Å². The van der Waals surface area contributed by atoms with Crippen molar-refractivity contribution in [3.63, 3.8) is 0 Å². The van der Waals surface area contributed by atoms with Gasteiger partial charge in [-0.15, -0.1) is 6.58 Å². The molecule has 0 spiro atoms. The summed E-state index contributed by atoms with van der Waals surface area (Å²) in [6.07, 6.45) is 2.21. The third-order valence-electron chi connectivity index (χ3n) is 4.40. The molecule has 0 unspecified atom stereocenters. The van der Waals surface area contributed by atoms with Crippen molar-refractivity contribution in [2.75, 3.05) is 18.9 Å². The fourth-order valence-electron chi connectivity index (χ4n) is 3.32. The van der Waals surface area contributed by atoms with Crippen LogP contribution in [0.3, 0.4) is 0 Å². The Labute approximate surface area is 155 Å². The summed E-state index contributed by atoms with van der Waals surface area (Å²) in [7, 11) is 0. The Kier molecular flexibility index (Phi) is 5.57. The van der Waals surface area contributed by atoms with E-state index in [-0.39, 0.29) is 49.9 Å². The smallest absolute Gasteiger partial charge is 0.332 e. The molecule has 1 fully saturated rings. The van der Waals surface area contributed by atoms with E-state index in [4.69, 9.17) is 15.2 Å². The molecule has 3 heterocycles. The van der Waals surface area contributed by atoms with Crippen LogP contribution in [0.1, 0.15) is 31.7 Å². The predicted octanol–water partition coefficient (Wildman–Crippen LogP) is 0.137. The first-order valence-corrected chi connectivity index (χ1v) is 8.74. The van der Waals surface area contributed by atoms with E-state index in [2.05, 4.69) is 16.5 Å². The van der Waals surface area contributed by atoms with Crippen LogP contribution in [0.4, 0.5) is 5.95 Å². The van der Waals surface area contributed by atoms with Crippen molar-refractivity contribution in [2.24, 2.45) is 0 Å². The Balaban J connectivity index is 2.05. The minimum atomic E-state index is -0.553. The van der Waals surface area contributed by atoms with Gasteiger partial charge in [0, 0.05) is 26.5 Å². The second-order valence-corrected chi connectivity index (χ2v) is 6.32. The van der Waals surface area contributed by atoms with Gasteiger partial charge in [-0.25, -0.2) is 14.3 Å². The molecule has 1 saturated heterocycles. The molecule has 0 bridgehead atoms. The number of anilines is 1. The highest BCUT2D eigenvalue weighted by molar-refractivity contribution is 5.76. The van der Waals surface area contributed by atoms with Crippen LogP contribution in [0.2, 0.25) is 0 Å². The van der Waals surface area contributed by atoms with E-state index in [0.29, 0.717) is 29.7 Å². The molecule has 27 heavy (non-hydrogen) atoms. The number of allylic oxidation sites excluding steroid dienone is 1. The Morgan fingerprint density at radius 2 is 2.26 bits per heavy atom. The summed E-state index contributed by atoms with van der Waals surface area (Å²) in [5.41, 5.74) is 6.86. The van der Waals surface area contributed by atoms with Crippen molar-refractivity contribution >= 4 is 23.1 Å². The van der Waals surface area contributed by atoms with Crippen molar-refractivity contribution in [3.8, 4) is 0 Å². The minimum absolute atomic E-state index is 0.0184. The SMILES string of the molecule is C=CCn1c(=O)n([C@H]2CC[C@@H](COC(C)=O)O2)c2nc(N)nc(CCO)c21. The second-order valence-electron chi connectivity index (χ2n) is 6.32. The van der Waals surface area contributed by atoms with Crippen LogP contribution in [0.15, 0.2) is 17.4 Å². The van der Waals surface area contributed by atoms with Gasteiger partial charge < -0.3 is 20.3 Å². The molecule has 0 amide bonds. The quantitative estimate of drug-likeness (QED) is 0.514. The van der Waals surface area contributed by atoms with E-state index in [1.165, 1.54) is 16.1 Å². The summed E-state index contributed by atoms with van der Waals surface area (Å²) in [4.78, 5) is 32.5. The third-order valence-corrected chi connectivity index (χ3v) is 4.40. The Bertz CT molecular complexity index is 919. The normalized spacial score (nSPS) is 19.5. The molecule has 146 valence electrons. The number of carbonyl (C=O) groups is 1. The fraction of sp³-hybridized carbons (Fsp3) is 0.529. The first-order valence-electron chi connectivity index (χ1n) is 8.74. The summed E-state index contributed by atoms with van der Waals surface area (Å²) >= 11 is 0. The van der Waals surface area contributed by atoms with Crippen LogP contribution in [0.25, 0.3) is 11.2 Å². The monoisotopic (exact) mass is 377 g/mol. The lowest BCUT2D eigenvalue weighted by molar-refractivity contribution is -0.145. The maximum Gasteiger partial charge on any atom is 0.332 e. The maximum absolute atomic E-state index is 13.0. The van der Waals surface area contributed by atoms with Crippen LogP contribution in [-0.2, 0) is 27.2 Å². The molecule has 0 aliphatic carbocycles. The summed E-state index contributed by atoms with van der Waals surface area (Å²) in [6, 6.07) is 0. The van der Waals surface area contributed by atoms with Crippen LogP contribution in [0, 0.1) is 0 Å². The van der Waals surface area contributed by atoms with Crippen molar-refractivity contribution in [1.29, 1.82) is 0 Å². The number of imidazole rings is 1. The number of hydrogen-bond acceptors (Lipinski definition) is 8. The van der Waals surface area contributed by atoms with E-state index >= 15 is 0 Å². The molecule has 0 saturated carbocycles. The second kappa shape index (κ2) is 7.89. The first-order chi connectivity index (χ1) is 13.0. The summed E-state index contributed by atoms with van der Waals surface area (Å²) in [5, 5.41) is 9.34. The Morgan fingerprint density at radius 3 is 2.93 bits per heavy atom. The first kappa shape index (κ1) is 19.1. The van der Waals surface area contributed by atoms with E-state index in [9.17, 15) is 14.7 Å². The Hall–Kier alpha value is -2.72. The number of esters is 1. The highest BCUT2D eigenvalue weighted by atomic mass is 16.6. The van der Waals surface area contributed by atoms with Crippen molar-refractivity contribution in [3.05, 3.63) is 28.8 Å². The zero-order valence-electron chi connectivity index (χ0n) is 15.1. The van der Waals surface area contributed by atoms with E-state index < -0.39 is 6.23 Å². The standard InChI is InChI=1S/C17H23N5O5/c1-3-7-21-14-12(6-8-23)19-16(18)20-15(14)22(17(21)25)13-5-4-11(27-13)9-26-10(2)24/h3,11,13,23H,1,4-9H2,2H3,(H2,18,19,20)/t11-,13+/m0/s1.